The minimum Gasteiger partial charge on any atom is -0.494 e. The second-order valence-electron chi connectivity index (χ2n) is 7.88. The van der Waals surface area contributed by atoms with Crippen molar-refractivity contribution in [2.75, 3.05) is 13.2 Å². The molecular formula is C24H29ClO8. The van der Waals surface area contributed by atoms with Crippen LogP contribution in [0.25, 0.3) is 0 Å². The third-order valence-electron chi connectivity index (χ3n) is 5.57. The molecule has 2 aromatic carbocycles. The molecule has 1 fully saturated rings. The fourth-order valence-electron chi connectivity index (χ4n) is 3.68. The maximum absolute atomic E-state index is 11.5. The summed E-state index contributed by atoms with van der Waals surface area (Å²) < 4.78 is 16.0. The average molecular weight is 481 g/mol. The highest BCUT2D eigenvalue weighted by molar-refractivity contribution is 6.31. The fourth-order valence-corrected chi connectivity index (χ4v) is 3.86. The van der Waals surface area contributed by atoms with E-state index in [-0.39, 0.29) is 12.0 Å². The Balaban J connectivity index is 1.86. The molecule has 2 aromatic rings. The predicted molar refractivity (Wildman–Crippen MR) is 120 cm³/mol. The second kappa shape index (κ2) is 10.8. The first kappa shape index (κ1) is 25.4. The molecule has 0 unspecified atom stereocenters. The van der Waals surface area contributed by atoms with Crippen molar-refractivity contribution in [1.29, 1.82) is 0 Å². The molecule has 4 N–H and O–H groups in total. The summed E-state index contributed by atoms with van der Waals surface area (Å²) in [4.78, 5) is 11.5. The van der Waals surface area contributed by atoms with Crippen molar-refractivity contribution in [2.45, 2.75) is 56.9 Å². The van der Waals surface area contributed by atoms with Crippen LogP contribution in [0.3, 0.4) is 0 Å². The summed E-state index contributed by atoms with van der Waals surface area (Å²) >= 11 is 6.37. The summed E-state index contributed by atoms with van der Waals surface area (Å²) in [5.41, 5.74) is 1.73. The van der Waals surface area contributed by atoms with E-state index in [4.69, 9.17) is 25.8 Å². The number of carbonyl (C=O) groups is 1. The monoisotopic (exact) mass is 480 g/mol. The van der Waals surface area contributed by atoms with E-state index in [1.54, 1.807) is 19.1 Å². The molecular weight excluding hydrogens is 452 g/mol. The number of esters is 1. The van der Waals surface area contributed by atoms with Gasteiger partial charge >= 0.3 is 5.97 Å². The third kappa shape index (κ3) is 5.66. The Morgan fingerprint density at radius 1 is 1.09 bits per heavy atom. The van der Waals surface area contributed by atoms with Gasteiger partial charge in [-0.25, -0.2) is 0 Å². The zero-order valence-corrected chi connectivity index (χ0v) is 19.2. The number of ether oxygens (including phenoxy) is 3. The topological polar surface area (TPSA) is 126 Å². The molecule has 8 nitrogen and oxygen atoms in total. The quantitative estimate of drug-likeness (QED) is 0.422. The zero-order chi connectivity index (χ0) is 24.2. The van der Waals surface area contributed by atoms with Gasteiger partial charge in [-0.15, -0.1) is 0 Å². The Morgan fingerprint density at radius 2 is 1.79 bits per heavy atom. The molecule has 1 saturated heterocycles. The SMILES string of the molecule is CCOc1ccc(Cc2cc([C@@]3(O)O[C@H](COC(=O)CC)[C@@H](O)[C@H](O)[C@H]3O)ccc2Cl)cc1. The normalized spacial score (nSPS) is 27.2. The van der Waals surface area contributed by atoms with Gasteiger partial charge in [0.25, 0.3) is 0 Å². The molecule has 0 amide bonds. The Morgan fingerprint density at radius 3 is 2.42 bits per heavy atom. The van der Waals surface area contributed by atoms with Gasteiger partial charge in [-0.3, -0.25) is 4.79 Å². The molecule has 0 aliphatic carbocycles. The smallest absolute Gasteiger partial charge is 0.305 e. The second-order valence-corrected chi connectivity index (χ2v) is 8.28. The molecule has 0 aromatic heterocycles. The number of hydrogen-bond donors (Lipinski definition) is 4. The van der Waals surface area contributed by atoms with Crippen molar-refractivity contribution >= 4 is 17.6 Å². The van der Waals surface area contributed by atoms with Gasteiger partial charge in [0.1, 0.15) is 36.8 Å². The molecule has 33 heavy (non-hydrogen) atoms. The van der Waals surface area contributed by atoms with Crippen LogP contribution in [-0.2, 0) is 26.5 Å². The molecule has 0 spiro atoms. The fraction of sp³-hybridized carbons (Fsp3) is 0.458. The lowest BCUT2D eigenvalue weighted by atomic mass is 9.87. The third-order valence-corrected chi connectivity index (χ3v) is 5.94. The molecule has 0 bridgehead atoms. The zero-order valence-electron chi connectivity index (χ0n) is 18.5. The van der Waals surface area contributed by atoms with Crippen LogP contribution in [0.15, 0.2) is 42.5 Å². The van der Waals surface area contributed by atoms with Gasteiger partial charge in [0.05, 0.1) is 6.61 Å². The number of rotatable bonds is 8. The summed E-state index contributed by atoms with van der Waals surface area (Å²) in [6, 6.07) is 12.1. The molecule has 0 saturated carbocycles. The van der Waals surface area contributed by atoms with Crippen LogP contribution in [0.2, 0.25) is 5.02 Å². The minimum atomic E-state index is -2.36. The van der Waals surface area contributed by atoms with E-state index >= 15 is 0 Å². The number of carbonyl (C=O) groups excluding carboxylic acids is 1. The number of aliphatic hydroxyl groups is 4. The van der Waals surface area contributed by atoms with Gasteiger partial charge in [0.2, 0.25) is 5.79 Å². The molecule has 3 rings (SSSR count). The van der Waals surface area contributed by atoms with Gasteiger partial charge in [0, 0.05) is 17.0 Å². The van der Waals surface area contributed by atoms with E-state index in [1.165, 1.54) is 6.07 Å². The van der Waals surface area contributed by atoms with Gasteiger partial charge in [-0.1, -0.05) is 36.7 Å². The van der Waals surface area contributed by atoms with Crippen molar-refractivity contribution in [3.8, 4) is 5.75 Å². The Bertz CT molecular complexity index is 950. The van der Waals surface area contributed by atoms with E-state index < -0.39 is 42.8 Å². The van der Waals surface area contributed by atoms with Gasteiger partial charge in [-0.2, -0.15) is 0 Å². The van der Waals surface area contributed by atoms with E-state index in [9.17, 15) is 25.2 Å². The first-order valence-corrected chi connectivity index (χ1v) is 11.2. The Hall–Kier alpha value is -2.20. The van der Waals surface area contributed by atoms with Crippen molar-refractivity contribution in [3.63, 3.8) is 0 Å². The van der Waals surface area contributed by atoms with Crippen LogP contribution < -0.4 is 4.74 Å². The molecule has 9 heteroatoms. The van der Waals surface area contributed by atoms with Crippen LogP contribution >= 0.6 is 11.6 Å². The van der Waals surface area contributed by atoms with Crippen molar-refractivity contribution in [3.05, 3.63) is 64.2 Å². The van der Waals surface area contributed by atoms with Gasteiger partial charge < -0.3 is 34.6 Å². The van der Waals surface area contributed by atoms with Crippen molar-refractivity contribution < 1.29 is 39.4 Å². The van der Waals surface area contributed by atoms with Crippen molar-refractivity contribution in [2.24, 2.45) is 0 Å². The highest BCUT2D eigenvalue weighted by Crippen LogP contribution is 2.38. The highest BCUT2D eigenvalue weighted by atomic mass is 35.5. The highest BCUT2D eigenvalue weighted by Gasteiger charge is 2.54. The van der Waals surface area contributed by atoms with Crippen LogP contribution in [0.5, 0.6) is 5.75 Å². The van der Waals surface area contributed by atoms with E-state index in [0.717, 1.165) is 11.3 Å². The summed E-state index contributed by atoms with van der Waals surface area (Å²) in [7, 11) is 0. The van der Waals surface area contributed by atoms with Crippen molar-refractivity contribution in [1.82, 2.24) is 0 Å². The summed E-state index contributed by atoms with van der Waals surface area (Å²) in [5.74, 6) is -2.14. The van der Waals surface area contributed by atoms with E-state index in [0.29, 0.717) is 23.6 Å². The van der Waals surface area contributed by atoms with Gasteiger partial charge in [-0.05, 0) is 48.7 Å². The number of halogens is 1. The molecule has 1 aliphatic heterocycles. The number of hydrogen-bond acceptors (Lipinski definition) is 8. The lowest BCUT2D eigenvalue weighted by Crippen LogP contribution is -2.63. The molecule has 0 radical (unpaired) electrons. The molecule has 180 valence electrons. The molecule has 1 heterocycles. The lowest BCUT2D eigenvalue weighted by Gasteiger charge is -2.45. The largest absolute Gasteiger partial charge is 0.494 e. The summed E-state index contributed by atoms with van der Waals surface area (Å²) in [5, 5.41) is 42.8. The van der Waals surface area contributed by atoms with Crippen LogP contribution in [0.4, 0.5) is 0 Å². The number of aliphatic hydroxyl groups excluding tert-OH is 3. The average Bonchev–Trinajstić information content (AvgIpc) is 2.81. The van der Waals surface area contributed by atoms with Crippen LogP contribution in [0, 0.1) is 0 Å². The predicted octanol–water partition coefficient (Wildman–Crippen LogP) is 1.91. The molecule has 5 atom stereocenters. The van der Waals surface area contributed by atoms with E-state index in [2.05, 4.69) is 0 Å². The Labute approximate surface area is 197 Å². The standard InChI is InChI=1S/C24H29ClO8/c1-3-20(26)32-13-19-21(27)22(28)23(29)24(30,33-19)16-7-10-18(25)15(12-16)11-14-5-8-17(9-6-14)31-4-2/h5-10,12,19,21-23,27-30H,3-4,11,13H2,1-2H3/t19-,21-,22+,23-,24-/m1/s1. The van der Waals surface area contributed by atoms with Crippen LogP contribution in [-0.4, -0.2) is 64.0 Å². The minimum absolute atomic E-state index is 0.115. The van der Waals surface area contributed by atoms with Crippen LogP contribution in [0.1, 0.15) is 37.0 Å². The van der Waals surface area contributed by atoms with E-state index in [1.807, 2.05) is 31.2 Å². The first-order chi connectivity index (χ1) is 15.7. The summed E-state index contributed by atoms with van der Waals surface area (Å²) in [6.45, 7) is 3.68. The summed E-state index contributed by atoms with van der Waals surface area (Å²) in [6.07, 6.45) is -5.88. The Kier molecular flexibility index (Phi) is 8.33. The maximum Gasteiger partial charge on any atom is 0.305 e. The maximum atomic E-state index is 11.5. The first-order valence-electron chi connectivity index (χ1n) is 10.8. The molecule has 1 aliphatic rings. The number of benzene rings is 2. The lowest BCUT2D eigenvalue weighted by molar-refractivity contribution is -0.358. The van der Waals surface area contributed by atoms with Gasteiger partial charge in [0.15, 0.2) is 0 Å².